The maximum atomic E-state index is 12.4. The van der Waals surface area contributed by atoms with Gasteiger partial charge < -0.3 is 15.3 Å². The number of hydrogen-bond donors (Lipinski definition) is 2. The minimum Gasteiger partial charge on any atom is -0.396 e. The summed E-state index contributed by atoms with van der Waals surface area (Å²) in [6, 6.07) is 17.1. The van der Waals surface area contributed by atoms with Gasteiger partial charge in [0.25, 0.3) is 0 Å². The summed E-state index contributed by atoms with van der Waals surface area (Å²) >= 11 is 0. The number of benzene rings is 2. The Balaban J connectivity index is 2.12. The molecule has 0 saturated heterocycles. The molecule has 1 atom stereocenters. The molecule has 2 rings (SSSR count). The fraction of sp³-hybridized carbons (Fsp3) is 0.278. The molecule has 0 bridgehead atoms. The highest BCUT2D eigenvalue weighted by Crippen LogP contribution is 2.23. The molecule has 2 aromatic carbocycles. The number of amides is 2. The third-order valence-electron chi connectivity index (χ3n) is 3.64. The van der Waals surface area contributed by atoms with Crippen molar-refractivity contribution >= 4 is 11.7 Å². The average Bonchev–Trinajstić information content (AvgIpc) is 2.53. The first-order valence-electron chi connectivity index (χ1n) is 7.38. The Bertz CT molecular complexity index is 613. The Morgan fingerprint density at radius 2 is 1.91 bits per heavy atom. The van der Waals surface area contributed by atoms with E-state index in [9.17, 15) is 9.90 Å². The first-order chi connectivity index (χ1) is 10.6. The molecule has 0 heterocycles. The molecule has 0 aliphatic rings. The summed E-state index contributed by atoms with van der Waals surface area (Å²) in [5, 5.41) is 12.2. The zero-order valence-electron chi connectivity index (χ0n) is 13.0. The number of aryl methyl sites for hydroxylation is 1. The quantitative estimate of drug-likeness (QED) is 0.886. The molecule has 2 N–H and O–H groups in total. The maximum absolute atomic E-state index is 12.4. The highest BCUT2D eigenvalue weighted by atomic mass is 16.3. The van der Waals surface area contributed by atoms with Crippen molar-refractivity contribution < 1.29 is 9.90 Å². The number of nitrogens with one attached hydrogen (secondary N) is 1. The number of urea groups is 1. The van der Waals surface area contributed by atoms with Crippen LogP contribution in [-0.4, -0.2) is 29.7 Å². The van der Waals surface area contributed by atoms with Gasteiger partial charge in [-0.1, -0.05) is 42.5 Å². The minimum atomic E-state index is -0.187. The van der Waals surface area contributed by atoms with Gasteiger partial charge in [0.05, 0.1) is 6.04 Å². The smallest absolute Gasteiger partial charge is 0.322 e. The van der Waals surface area contributed by atoms with Crippen LogP contribution in [0.5, 0.6) is 0 Å². The molecule has 0 saturated carbocycles. The molecule has 0 spiro atoms. The van der Waals surface area contributed by atoms with Crippen LogP contribution in [-0.2, 0) is 0 Å². The van der Waals surface area contributed by atoms with E-state index in [0.29, 0.717) is 6.42 Å². The number of aliphatic hydroxyl groups excluding tert-OH is 1. The molecular formula is C18H22N2O2. The van der Waals surface area contributed by atoms with E-state index in [0.717, 1.165) is 16.8 Å². The number of carbonyl (C=O) groups is 1. The molecule has 0 aliphatic heterocycles. The van der Waals surface area contributed by atoms with E-state index in [1.165, 1.54) is 0 Å². The van der Waals surface area contributed by atoms with Gasteiger partial charge in [-0.25, -0.2) is 4.79 Å². The summed E-state index contributed by atoms with van der Waals surface area (Å²) in [7, 11) is 1.75. The average molecular weight is 298 g/mol. The normalized spacial score (nSPS) is 11.8. The molecule has 2 aromatic rings. The molecule has 0 fully saturated rings. The number of nitrogens with zero attached hydrogens (tertiary/aromatic N) is 1. The van der Waals surface area contributed by atoms with Gasteiger partial charge in [-0.2, -0.15) is 0 Å². The van der Waals surface area contributed by atoms with Crippen molar-refractivity contribution in [3.8, 4) is 0 Å². The Labute approximate surface area is 131 Å². The second-order valence-corrected chi connectivity index (χ2v) is 5.35. The molecule has 116 valence electrons. The van der Waals surface area contributed by atoms with Crippen molar-refractivity contribution in [2.75, 3.05) is 19.0 Å². The first kappa shape index (κ1) is 16.0. The van der Waals surface area contributed by atoms with Gasteiger partial charge in [-0.3, -0.25) is 0 Å². The van der Waals surface area contributed by atoms with Crippen LogP contribution in [0.3, 0.4) is 0 Å². The lowest BCUT2D eigenvalue weighted by Gasteiger charge is -2.28. The summed E-state index contributed by atoms with van der Waals surface area (Å²) in [6.45, 7) is 2.01. The van der Waals surface area contributed by atoms with Gasteiger partial charge in [0.2, 0.25) is 0 Å². The highest BCUT2D eigenvalue weighted by Gasteiger charge is 2.21. The van der Waals surface area contributed by atoms with Crippen molar-refractivity contribution in [1.82, 2.24) is 4.90 Å². The van der Waals surface area contributed by atoms with Crippen LogP contribution in [0.15, 0.2) is 54.6 Å². The van der Waals surface area contributed by atoms with E-state index >= 15 is 0 Å². The van der Waals surface area contributed by atoms with Crippen molar-refractivity contribution in [1.29, 1.82) is 0 Å². The topological polar surface area (TPSA) is 52.6 Å². The van der Waals surface area contributed by atoms with E-state index in [1.807, 2.05) is 61.5 Å². The van der Waals surface area contributed by atoms with Crippen LogP contribution < -0.4 is 5.32 Å². The monoisotopic (exact) mass is 298 g/mol. The molecule has 2 amide bonds. The molecule has 22 heavy (non-hydrogen) atoms. The van der Waals surface area contributed by atoms with E-state index in [4.69, 9.17) is 0 Å². The molecule has 1 unspecified atom stereocenters. The number of hydrogen-bond acceptors (Lipinski definition) is 2. The maximum Gasteiger partial charge on any atom is 0.322 e. The Morgan fingerprint density at radius 1 is 1.18 bits per heavy atom. The first-order valence-corrected chi connectivity index (χ1v) is 7.38. The van der Waals surface area contributed by atoms with Gasteiger partial charge in [0.1, 0.15) is 0 Å². The lowest BCUT2D eigenvalue weighted by atomic mass is 10.0. The molecule has 0 radical (unpaired) electrons. The predicted molar refractivity (Wildman–Crippen MR) is 88.8 cm³/mol. The van der Waals surface area contributed by atoms with Crippen LogP contribution in [0.1, 0.15) is 23.6 Å². The van der Waals surface area contributed by atoms with Crippen LogP contribution in [0.25, 0.3) is 0 Å². The number of aliphatic hydroxyl groups is 1. The summed E-state index contributed by atoms with van der Waals surface area (Å²) in [5.41, 5.74) is 2.88. The van der Waals surface area contributed by atoms with Crippen molar-refractivity contribution in [3.05, 3.63) is 65.7 Å². The van der Waals surface area contributed by atoms with Crippen molar-refractivity contribution in [3.63, 3.8) is 0 Å². The van der Waals surface area contributed by atoms with Gasteiger partial charge in [0.15, 0.2) is 0 Å². The van der Waals surface area contributed by atoms with Gasteiger partial charge in [-0.05, 0) is 36.6 Å². The third-order valence-corrected chi connectivity index (χ3v) is 3.64. The molecule has 4 nitrogen and oxygen atoms in total. The van der Waals surface area contributed by atoms with E-state index in [2.05, 4.69) is 5.32 Å². The number of rotatable bonds is 5. The standard InChI is InChI=1S/C18H22N2O2/c1-14-7-6-10-16(13-14)19-18(22)20(2)17(11-12-21)15-8-4-3-5-9-15/h3-10,13,17,21H,11-12H2,1-2H3,(H,19,22). The van der Waals surface area contributed by atoms with E-state index in [1.54, 1.807) is 11.9 Å². The Hall–Kier alpha value is -2.33. The Kier molecular flexibility index (Phi) is 5.55. The van der Waals surface area contributed by atoms with Gasteiger partial charge in [-0.15, -0.1) is 0 Å². The number of anilines is 1. The SMILES string of the molecule is Cc1cccc(NC(=O)N(C)C(CCO)c2ccccc2)c1. The van der Waals surface area contributed by atoms with Crippen molar-refractivity contribution in [2.24, 2.45) is 0 Å². The minimum absolute atomic E-state index is 0.0294. The predicted octanol–water partition coefficient (Wildman–Crippen LogP) is 3.58. The highest BCUT2D eigenvalue weighted by molar-refractivity contribution is 5.89. The summed E-state index contributed by atoms with van der Waals surface area (Å²) < 4.78 is 0. The zero-order chi connectivity index (χ0) is 15.9. The fourth-order valence-corrected chi connectivity index (χ4v) is 2.46. The van der Waals surface area contributed by atoms with Crippen LogP contribution in [0, 0.1) is 6.92 Å². The molecular weight excluding hydrogens is 276 g/mol. The van der Waals surface area contributed by atoms with E-state index in [-0.39, 0.29) is 18.7 Å². The second kappa shape index (κ2) is 7.61. The molecule has 0 aromatic heterocycles. The van der Waals surface area contributed by atoms with Crippen LogP contribution >= 0.6 is 0 Å². The lowest BCUT2D eigenvalue weighted by molar-refractivity contribution is 0.184. The third kappa shape index (κ3) is 4.09. The summed E-state index contributed by atoms with van der Waals surface area (Å²) in [6.07, 6.45) is 0.502. The lowest BCUT2D eigenvalue weighted by Crippen LogP contribution is -2.35. The number of carbonyl (C=O) groups excluding carboxylic acids is 1. The largest absolute Gasteiger partial charge is 0.396 e. The zero-order valence-corrected chi connectivity index (χ0v) is 13.0. The van der Waals surface area contributed by atoms with Crippen molar-refractivity contribution in [2.45, 2.75) is 19.4 Å². The second-order valence-electron chi connectivity index (χ2n) is 5.35. The summed E-state index contributed by atoms with van der Waals surface area (Å²) in [5.74, 6) is 0. The summed E-state index contributed by atoms with van der Waals surface area (Å²) in [4.78, 5) is 14.1. The molecule has 4 heteroatoms. The Morgan fingerprint density at radius 3 is 2.55 bits per heavy atom. The van der Waals surface area contributed by atoms with Gasteiger partial charge in [0, 0.05) is 19.3 Å². The van der Waals surface area contributed by atoms with Crippen LogP contribution in [0.2, 0.25) is 0 Å². The van der Waals surface area contributed by atoms with E-state index < -0.39 is 0 Å². The fourth-order valence-electron chi connectivity index (χ4n) is 2.46. The van der Waals surface area contributed by atoms with Gasteiger partial charge >= 0.3 is 6.03 Å². The molecule has 0 aliphatic carbocycles. The van der Waals surface area contributed by atoms with Crippen LogP contribution in [0.4, 0.5) is 10.5 Å².